The number of fused-ring (bicyclic) bond motifs is 1. The lowest BCUT2D eigenvalue weighted by atomic mass is 9.95. The fourth-order valence-electron chi connectivity index (χ4n) is 6.15. The standard InChI is InChI=1S/C33H44N6O3/c1-22(2)39-28(40)13-10-25-21-34-30(35-29(25)39)36-33(14-15-33)26-11-8-24(9-12-26)27(20-23-6-7-23)37-16-18-38(19-17-37)31(41)42-32(3,4)5/h8-13,21-23,27H,6-7,14-20H2,1-5H3,(H,34,35,36). The zero-order valence-corrected chi connectivity index (χ0v) is 25.6. The molecule has 0 bridgehead atoms. The number of piperazine rings is 1. The SMILES string of the molecule is CC(C)n1c(=O)ccc2cnc(NC3(c4ccc(C(CC5CC5)N5CCN(C(=O)OC(C)(C)C)CC5)cc4)CC3)nc21. The predicted octanol–water partition coefficient (Wildman–Crippen LogP) is 5.87. The predicted molar refractivity (Wildman–Crippen MR) is 165 cm³/mol. The smallest absolute Gasteiger partial charge is 0.410 e. The van der Waals surface area contributed by atoms with E-state index in [9.17, 15) is 9.59 Å². The molecule has 42 heavy (non-hydrogen) atoms. The molecule has 1 aromatic carbocycles. The van der Waals surface area contributed by atoms with Crippen LogP contribution in [-0.4, -0.2) is 62.2 Å². The normalized spacial score (nSPS) is 19.6. The molecular weight excluding hydrogens is 528 g/mol. The van der Waals surface area contributed by atoms with Gasteiger partial charge in [-0.05, 0) is 77.0 Å². The van der Waals surface area contributed by atoms with Gasteiger partial charge < -0.3 is 15.0 Å². The second-order valence-corrected chi connectivity index (χ2v) is 13.6. The Bertz CT molecular complexity index is 1490. The van der Waals surface area contributed by atoms with E-state index in [0.717, 1.165) is 43.7 Å². The van der Waals surface area contributed by atoms with Crippen LogP contribution in [-0.2, 0) is 10.3 Å². The molecule has 1 unspecified atom stereocenters. The van der Waals surface area contributed by atoms with Gasteiger partial charge in [0, 0.05) is 55.9 Å². The number of carbonyl (C=O) groups excluding carboxylic acids is 1. The number of ether oxygens (including phenoxy) is 1. The minimum Gasteiger partial charge on any atom is -0.444 e. The van der Waals surface area contributed by atoms with Gasteiger partial charge in [0.25, 0.3) is 5.56 Å². The Hall–Kier alpha value is -3.46. The van der Waals surface area contributed by atoms with Crippen molar-refractivity contribution in [2.24, 2.45) is 5.92 Å². The van der Waals surface area contributed by atoms with Crippen molar-refractivity contribution in [2.45, 2.75) is 89.9 Å². The van der Waals surface area contributed by atoms with E-state index in [4.69, 9.17) is 9.72 Å². The van der Waals surface area contributed by atoms with Gasteiger partial charge in [-0.3, -0.25) is 14.3 Å². The number of benzene rings is 1. The van der Waals surface area contributed by atoms with Crippen molar-refractivity contribution in [2.75, 3.05) is 31.5 Å². The van der Waals surface area contributed by atoms with Crippen LogP contribution >= 0.6 is 0 Å². The van der Waals surface area contributed by atoms with Gasteiger partial charge in [0.15, 0.2) is 0 Å². The van der Waals surface area contributed by atoms with Crippen molar-refractivity contribution in [3.8, 4) is 0 Å². The van der Waals surface area contributed by atoms with Gasteiger partial charge in [-0.1, -0.05) is 37.1 Å². The third-order valence-electron chi connectivity index (χ3n) is 8.79. The fraction of sp³-hybridized carbons (Fsp3) is 0.576. The van der Waals surface area contributed by atoms with E-state index in [1.807, 2.05) is 39.5 Å². The first-order chi connectivity index (χ1) is 20.0. The first kappa shape index (κ1) is 28.6. The van der Waals surface area contributed by atoms with Crippen LogP contribution < -0.4 is 10.9 Å². The summed E-state index contributed by atoms with van der Waals surface area (Å²) in [6.45, 7) is 12.8. The number of hydrogen-bond donors (Lipinski definition) is 1. The molecule has 6 rings (SSSR count). The van der Waals surface area contributed by atoms with E-state index in [-0.39, 0.29) is 23.2 Å². The van der Waals surface area contributed by atoms with Crippen molar-refractivity contribution < 1.29 is 9.53 Å². The molecule has 1 aliphatic heterocycles. The molecule has 224 valence electrons. The second-order valence-electron chi connectivity index (χ2n) is 13.6. The quantitative estimate of drug-likeness (QED) is 0.361. The first-order valence-electron chi connectivity index (χ1n) is 15.5. The number of carbonyl (C=O) groups is 1. The van der Waals surface area contributed by atoms with E-state index >= 15 is 0 Å². The number of nitrogens with one attached hydrogen (secondary N) is 1. The van der Waals surface area contributed by atoms with Crippen LogP contribution in [0.5, 0.6) is 0 Å². The molecule has 1 N–H and O–H groups in total. The summed E-state index contributed by atoms with van der Waals surface area (Å²) in [7, 11) is 0. The van der Waals surface area contributed by atoms with Gasteiger partial charge in [-0.2, -0.15) is 4.98 Å². The second kappa shape index (κ2) is 11.0. The molecule has 1 saturated heterocycles. The van der Waals surface area contributed by atoms with Gasteiger partial charge in [0.2, 0.25) is 5.95 Å². The third-order valence-corrected chi connectivity index (χ3v) is 8.79. The minimum absolute atomic E-state index is 0.00949. The molecule has 2 aromatic heterocycles. The van der Waals surface area contributed by atoms with Crippen molar-refractivity contribution in [1.82, 2.24) is 24.3 Å². The summed E-state index contributed by atoms with van der Waals surface area (Å²) in [6, 6.07) is 12.8. The highest BCUT2D eigenvalue weighted by molar-refractivity contribution is 5.75. The Kier molecular flexibility index (Phi) is 7.50. The number of pyridine rings is 1. The molecule has 2 saturated carbocycles. The van der Waals surface area contributed by atoms with Crippen LogP contribution in [0, 0.1) is 5.92 Å². The van der Waals surface area contributed by atoms with Crippen LogP contribution in [0.2, 0.25) is 0 Å². The van der Waals surface area contributed by atoms with Crippen molar-refractivity contribution in [3.63, 3.8) is 0 Å². The van der Waals surface area contributed by atoms with E-state index in [1.54, 1.807) is 22.9 Å². The summed E-state index contributed by atoms with van der Waals surface area (Å²) < 4.78 is 7.33. The van der Waals surface area contributed by atoms with Crippen LogP contribution in [0.15, 0.2) is 47.4 Å². The molecule has 9 nitrogen and oxygen atoms in total. The maximum atomic E-state index is 12.6. The lowest BCUT2D eigenvalue weighted by Gasteiger charge is -2.40. The zero-order valence-electron chi connectivity index (χ0n) is 25.6. The average Bonchev–Trinajstić information content (AvgIpc) is 3.88. The Morgan fingerprint density at radius 1 is 1.05 bits per heavy atom. The molecule has 3 aliphatic rings. The van der Waals surface area contributed by atoms with Crippen LogP contribution in [0.3, 0.4) is 0 Å². The van der Waals surface area contributed by atoms with Gasteiger partial charge in [0.05, 0.1) is 5.54 Å². The summed E-state index contributed by atoms with van der Waals surface area (Å²) in [4.78, 5) is 38.9. The molecule has 0 radical (unpaired) electrons. The molecule has 3 heterocycles. The number of amides is 1. The van der Waals surface area contributed by atoms with E-state index in [2.05, 4.69) is 39.5 Å². The van der Waals surface area contributed by atoms with Crippen molar-refractivity contribution >= 4 is 23.1 Å². The number of nitrogens with zero attached hydrogens (tertiary/aromatic N) is 5. The maximum absolute atomic E-state index is 12.6. The number of anilines is 1. The Morgan fingerprint density at radius 3 is 2.33 bits per heavy atom. The molecule has 0 spiro atoms. The minimum atomic E-state index is -0.477. The van der Waals surface area contributed by atoms with Crippen molar-refractivity contribution in [1.29, 1.82) is 0 Å². The lowest BCUT2D eigenvalue weighted by Crippen LogP contribution is -2.50. The highest BCUT2D eigenvalue weighted by atomic mass is 16.6. The lowest BCUT2D eigenvalue weighted by molar-refractivity contribution is 0.00941. The van der Waals surface area contributed by atoms with Gasteiger partial charge in [0.1, 0.15) is 11.2 Å². The molecule has 2 aliphatic carbocycles. The summed E-state index contributed by atoms with van der Waals surface area (Å²) >= 11 is 0. The van der Waals surface area contributed by atoms with Gasteiger partial charge in [-0.15, -0.1) is 0 Å². The Balaban J connectivity index is 1.17. The highest BCUT2D eigenvalue weighted by Gasteiger charge is 2.45. The average molecular weight is 573 g/mol. The van der Waals surface area contributed by atoms with Gasteiger partial charge in [-0.25, -0.2) is 9.78 Å². The zero-order chi connectivity index (χ0) is 29.6. The van der Waals surface area contributed by atoms with E-state index < -0.39 is 5.60 Å². The molecule has 3 fully saturated rings. The van der Waals surface area contributed by atoms with Gasteiger partial charge >= 0.3 is 6.09 Å². The Morgan fingerprint density at radius 2 is 1.74 bits per heavy atom. The van der Waals surface area contributed by atoms with E-state index in [1.165, 1.54) is 24.0 Å². The third kappa shape index (κ3) is 6.16. The first-order valence-corrected chi connectivity index (χ1v) is 15.5. The van der Waals surface area contributed by atoms with Crippen LogP contribution in [0.4, 0.5) is 10.7 Å². The summed E-state index contributed by atoms with van der Waals surface area (Å²) in [5, 5.41) is 4.47. The number of hydrogen-bond acceptors (Lipinski definition) is 7. The molecule has 3 aromatic rings. The molecule has 9 heteroatoms. The molecular formula is C33H44N6O3. The molecule has 1 amide bonds. The number of rotatable bonds is 8. The van der Waals surface area contributed by atoms with E-state index in [0.29, 0.717) is 30.7 Å². The summed E-state index contributed by atoms with van der Waals surface area (Å²) in [5.74, 6) is 1.35. The summed E-state index contributed by atoms with van der Waals surface area (Å²) in [5.41, 5.74) is 2.53. The largest absolute Gasteiger partial charge is 0.444 e. The Labute approximate surface area is 248 Å². The summed E-state index contributed by atoms with van der Waals surface area (Å²) in [6.07, 6.45) is 7.40. The highest BCUT2D eigenvalue weighted by Crippen LogP contribution is 2.48. The maximum Gasteiger partial charge on any atom is 0.410 e. The van der Waals surface area contributed by atoms with Crippen LogP contribution in [0.25, 0.3) is 11.0 Å². The topological polar surface area (TPSA) is 92.6 Å². The van der Waals surface area contributed by atoms with Crippen LogP contribution in [0.1, 0.15) is 89.9 Å². The fourth-order valence-corrected chi connectivity index (χ4v) is 6.15. The number of aromatic nitrogens is 3. The molecule has 1 atom stereocenters. The van der Waals surface area contributed by atoms with Crippen molar-refractivity contribution in [3.05, 3.63) is 64.1 Å². The monoisotopic (exact) mass is 572 g/mol.